The highest BCUT2D eigenvalue weighted by Crippen LogP contribution is 2.18. The summed E-state index contributed by atoms with van der Waals surface area (Å²) in [6, 6.07) is 9.80. The lowest BCUT2D eigenvalue weighted by Gasteiger charge is -2.23. The van der Waals surface area contributed by atoms with Crippen molar-refractivity contribution in [2.24, 2.45) is 5.10 Å². The van der Waals surface area contributed by atoms with E-state index >= 15 is 0 Å². The van der Waals surface area contributed by atoms with Gasteiger partial charge in [0.05, 0.1) is 6.54 Å². The fraction of sp³-hybridized carbons (Fsp3) is 0.211. The van der Waals surface area contributed by atoms with E-state index in [2.05, 4.69) is 10.4 Å². The summed E-state index contributed by atoms with van der Waals surface area (Å²) in [5.74, 6) is -1.39. The molecule has 3 rings (SSSR count). The van der Waals surface area contributed by atoms with Crippen LogP contribution in [0.25, 0.3) is 0 Å². The Hall–Kier alpha value is -3.09. The second-order valence-electron chi connectivity index (χ2n) is 6.04. The molecular formula is C19H17F2N3O2. The molecule has 1 N–H and O–H groups in total. The summed E-state index contributed by atoms with van der Waals surface area (Å²) in [5, 5.41) is 8.05. The van der Waals surface area contributed by atoms with E-state index in [0.717, 1.165) is 0 Å². The van der Waals surface area contributed by atoms with Crippen LogP contribution in [-0.2, 0) is 16.1 Å². The number of aryl methyl sites for hydroxylation is 1. The van der Waals surface area contributed by atoms with Gasteiger partial charge in [0.1, 0.15) is 17.3 Å². The molecule has 0 fully saturated rings. The third kappa shape index (κ3) is 4.11. The van der Waals surface area contributed by atoms with Gasteiger partial charge < -0.3 is 5.32 Å². The molecule has 134 valence electrons. The van der Waals surface area contributed by atoms with Crippen LogP contribution in [0.5, 0.6) is 0 Å². The Balaban J connectivity index is 1.74. The average Bonchev–Trinajstić information content (AvgIpc) is 2.61. The zero-order valence-corrected chi connectivity index (χ0v) is 14.1. The number of hydrogen-bond acceptors (Lipinski definition) is 3. The van der Waals surface area contributed by atoms with E-state index in [1.165, 1.54) is 35.3 Å². The highest BCUT2D eigenvalue weighted by atomic mass is 19.1. The molecular weight excluding hydrogens is 340 g/mol. The average molecular weight is 357 g/mol. The summed E-state index contributed by atoms with van der Waals surface area (Å²) in [4.78, 5) is 24.5. The van der Waals surface area contributed by atoms with Crippen molar-refractivity contribution in [2.75, 3.05) is 5.32 Å². The molecule has 2 aromatic carbocycles. The molecule has 0 atom stereocenters. The van der Waals surface area contributed by atoms with Gasteiger partial charge in [-0.3, -0.25) is 9.59 Å². The fourth-order valence-corrected chi connectivity index (χ4v) is 2.61. The van der Waals surface area contributed by atoms with Crippen molar-refractivity contribution in [3.05, 3.63) is 65.2 Å². The van der Waals surface area contributed by atoms with Crippen LogP contribution in [0.4, 0.5) is 14.5 Å². The number of anilines is 1. The Morgan fingerprint density at radius 1 is 1.12 bits per heavy atom. The summed E-state index contributed by atoms with van der Waals surface area (Å²) < 4.78 is 26.2. The maximum absolute atomic E-state index is 13.2. The second-order valence-corrected chi connectivity index (χ2v) is 6.04. The minimum Gasteiger partial charge on any atom is -0.321 e. The highest BCUT2D eigenvalue weighted by molar-refractivity contribution is 6.43. The van der Waals surface area contributed by atoms with Crippen molar-refractivity contribution in [1.82, 2.24) is 5.01 Å². The van der Waals surface area contributed by atoms with E-state index < -0.39 is 5.91 Å². The van der Waals surface area contributed by atoms with E-state index in [-0.39, 0.29) is 42.6 Å². The molecule has 1 aliphatic heterocycles. The lowest BCUT2D eigenvalue weighted by Crippen LogP contribution is -2.36. The molecule has 5 nitrogen and oxygen atoms in total. The Kier molecular flexibility index (Phi) is 5.06. The van der Waals surface area contributed by atoms with Crippen LogP contribution in [0.3, 0.4) is 0 Å². The second kappa shape index (κ2) is 7.43. The van der Waals surface area contributed by atoms with Crippen LogP contribution in [0, 0.1) is 18.6 Å². The number of hydrogen-bond donors (Lipinski definition) is 1. The number of rotatable bonds is 4. The minimum atomic E-state index is -0.434. The first-order valence-electron chi connectivity index (χ1n) is 8.12. The van der Waals surface area contributed by atoms with Crippen LogP contribution in [-0.4, -0.2) is 22.5 Å². The molecule has 0 bridgehead atoms. The number of nitrogens with zero attached hydrogens (tertiary/aromatic N) is 2. The first-order chi connectivity index (χ1) is 12.4. The van der Waals surface area contributed by atoms with Gasteiger partial charge in [-0.25, -0.2) is 13.8 Å². The van der Waals surface area contributed by atoms with Crippen LogP contribution in [0.15, 0.2) is 47.6 Å². The van der Waals surface area contributed by atoms with Gasteiger partial charge in [0.15, 0.2) is 0 Å². The van der Waals surface area contributed by atoms with Gasteiger partial charge in [-0.15, -0.1) is 0 Å². The zero-order valence-electron chi connectivity index (χ0n) is 14.1. The first kappa shape index (κ1) is 17.7. The van der Waals surface area contributed by atoms with E-state index in [0.29, 0.717) is 16.8 Å². The number of carbonyl (C=O) groups excluding carboxylic acids is 2. The SMILES string of the molecule is Cc1cc(F)ccc1NC(=O)C1=NN(Cc2ccc(F)cc2)C(=O)CC1. The number of amides is 2. The first-order valence-corrected chi connectivity index (χ1v) is 8.12. The summed E-state index contributed by atoms with van der Waals surface area (Å²) in [6.45, 7) is 1.84. The maximum Gasteiger partial charge on any atom is 0.271 e. The molecule has 0 radical (unpaired) electrons. The fourth-order valence-electron chi connectivity index (χ4n) is 2.61. The van der Waals surface area contributed by atoms with Gasteiger partial charge in [0.25, 0.3) is 5.91 Å². The number of carbonyl (C=O) groups is 2. The van der Waals surface area contributed by atoms with Crippen molar-refractivity contribution >= 4 is 23.2 Å². The third-order valence-electron chi connectivity index (χ3n) is 4.05. The molecule has 2 amide bonds. The molecule has 1 aliphatic rings. The zero-order chi connectivity index (χ0) is 18.7. The van der Waals surface area contributed by atoms with Crippen LogP contribution in [0.1, 0.15) is 24.0 Å². The summed E-state index contributed by atoms with van der Waals surface area (Å²) in [7, 11) is 0. The van der Waals surface area contributed by atoms with Gasteiger partial charge in [-0.05, 0) is 48.4 Å². The Morgan fingerprint density at radius 2 is 1.81 bits per heavy atom. The number of halogens is 2. The molecule has 0 aromatic heterocycles. The molecule has 0 saturated heterocycles. The smallest absolute Gasteiger partial charge is 0.271 e. The van der Waals surface area contributed by atoms with E-state index in [9.17, 15) is 18.4 Å². The topological polar surface area (TPSA) is 61.8 Å². The molecule has 0 spiro atoms. The van der Waals surface area contributed by atoms with Crippen molar-refractivity contribution in [3.8, 4) is 0 Å². The Morgan fingerprint density at radius 3 is 2.50 bits per heavy atom. The van der Waals surface area contributed by atoms with Crippen molar-refractivity contribution in [2.45, 2.75) is 26.3 Å². The molecule has 26 heavy (non-hydrogen) atoms. The largest absolute Gasteiger partial charge is 0.321 e. The number of hydrazone groups is 1. The van der Waals surface area contributed by atoms with Crippen LogP contribution >= 0.6 is 0 Å². The lowest BCUT2D eigenvalue weighted by atomic mass is 10.1. The van der Waals surface area contributed by atoms with Gasteiger partial charge >= 0.3 is 0 Å². The molecule has 1 heterocycles. The molecule has 7 heteroatoms. The van der Waals surface area contributed by atoms with Gasteiger partial charge in [-0.1, -0.05) is 12.1 Å². The highest BCUT2D eigenvalue weighted by Gasteiger charge is 2.25. The molecule has 2 aromatic rings. The Bertz CT molecular complexity index is 879. The van der Waals surface area contributed by atoms with E-state index in [4.69, 9.17) is 0 Å². The van der Waals surface area contributed by atoms with Crippen LogP contribution in [0.2, 0.25) is 0 Å². The van der Waals surface area contributed by atoms with Gasteiger partial charge in [-0.2, -0.15) is 5.10 Å². The Labute approximate surface area is 149 Å². The summed E-state index contributed by atoms with van der Waals surface area (Å²) in [6.07, 6.45) is 0.390. The van der Waals surface area contributed by atoms with Gasteiger partial charge in [0.2, 0.25) is 5.91 Å². The number of nitrogens with one attached hydrogen (secondary N) is 1. The van der Waals surface area contributed by atoms with E-state index in [1.807, 2.05) is 0 Å². The predicted molar refractivity (Wildman–Crippen MR) is 93.4 cm³/mol. The van der Waals surface area contributed by atoms with Crippen molar-refractivity contribution in [3.63, 3.8) is 0 Å². The predicted octanol–water partition coefficient (Wildman–Crippen LogP) is 3.39. The maximum atomic E-state index is 13.2. The van der Waals surface area contributed by atoms with E-state index in [1.54, 1.807) is 19.1 Å². The summed E-state index contributed by atoms with van der Waals surface area (Å²) in [5.41, 5.74) is 2.00. The quantitative estimate of drug-likeness (QED) is 0.912. The molecule has 0 unspecified atom stereocenters. The summed E-state index contributed by atoms with van der Waals surface area (Å²) >= 11 is 0. The lowest BCUT2D eigenvalue weighted by molar-refractivity contribution is -0.132. The van der Waals surface area contributed by atoms with Crippen LogP contribution < -0.4 is 5.32 Å². The minimum absolute atomic E-state index is 0.158. The van der Waals surface area contributed by atoms with Crippen molar-refractivity contribution in [1.29, 1.82) is 0 Å². The number of benzene rings is 2. The van der Waals surface area contributed by atoms with Crippen molar-refractivity contribution < 1.29 is 18.4 Å². The third-order valence-corrected chi connectivity index (χ3v) is 4.05. The molecule has 0 saturated carbocycles. The normalized spacial score (nSPS) is 14.2. The monoisotopic (exact) mass is 357 g/mol. The standard InChI is InChI=1S/C19H17F2N3O2/c1-12-10-15(21)6-7-16(12)22-19(26)17-8-9-18(25)24(23-17)11-13-2-4-14(20)5-3-13/h2-7,10H,8-9,11H2,1H3,(H,22,26). The molecule has 0 aliphatic carbocycles. The van der Waals surface area contributed by atoms with Gasteiger partial charge in [0, 0.05) is 18.5 Å².